The third kappa shape index (κ3) is 3.19. The van der Waals surface area contributed by atoms with Gasteiger partial charge in [0.15, 0.2) is 0 Å². The predicted molar refractivity (Wildman–Crippen MR) is 85.6 cm³/mol. The van der Waals surface area contributed by atoms with E-state index in [1.165, 1.54) is 0 Å². The zero-order valence-corrected chi connectivity index (χ0v) is 13.3. The van der Waals surface area contributed by atoms with Gasteiger partial charge in [-0.05, 0) is 39.3 Å². The van der Waals surface area contributed by atoms with Crippen molar-refractivity contribution >= 4 is 11.6 Å². The molecule has 2 heterocycles. The average molecular weight is 304 g/mol. The molecule has 1 amide bonds. The first-order valence-corrected chi connectivity index (χ1v) is 8.15. The quantitative estimate of drug-likeness (QED) is 0.896. The summed E-state index contributed by atoms with van der Waals surface area (Å²) in [5.41, 5.74) is 1.86. The fraction of sp³-hybridized carbons (Fsp3) is 0.588. The van der Waals surface area contributed by atoms with E-state index in [4.69, 9.17) is 9.47 Å². The summed E-state index contributed by atoms with van der Waals surface area (Å²) in [5, 5.41) is 6.30. The van der Waals surface area contributed by atoms with Crippen LogP contribution in [0.5, 0.6) is 11.5 Å². The van der Waals surface area contributed by atoms with Gasteiger partial charge in [-0.3, -0.25) is 4.79 Å². The molecule has 5 heteroatoms. The van der Waals surface area contributed by atoms with Gasteiger partial charge in [-0.1, -0.05) is 0 Å². The number of hydrogen-bond acceptors (Lipinski definition) is 4. The van der Waals surface area contributed by atoms with Crippen LogP contribution in [0.25, 0.3) is 0 Å². The average Bonchev–Trinajstić information content (AvgIpc) is 2.87. The van der Waals surface area contributed by atoms with Gasteiger partial charge in [0.1, 0.15) is 17.6 Å². The molecule has 0 spiro atoms. The molecule has 1 saturated heterocycles. The minimum absolute atomic E-state index is 0.0244. The second-order valence-corrected chi connectivity index (χ2v) is 6.05. The van der Waals surface area contributed by atoms with Gasteiger partial charge in [-0.25, -0.2) is 0 Å². The van der Waals surface area contributed by atoms with Crippen LogP contribution in [0, 0.1) is 5.92 Å². The Labute approximate surface area is 131 Å². The number of carbonyl (C=O) groups excluding carboxylic acids is 1. The fourth-order valence-electron chi connectivity index (χ4n) is 3.12. The summed E-state index contributed by atoms with van der Waals surface area (Å²) in [6, 6.07) is 3.90. The van der Waals surface area contributed by atoms with Crippen LogP contribution < -0.4 is 20.1 Å². The van der Waals surface area contributed by atoms with Gasteiger partial charge in [0.25, 0.3) is 0 Å². The highest BCUT2D eigenvalue weighted by molar-refractivity contribution is 5.94. The molecule has 5 nitrogen and oxygen atoms in total. The standard InChI is InChI=1S/C17H24N2O3/c1-3-21-16-8-13-7-11(2)22-15(13)9-14(16)19-17(20)12-5-4-6-18-10-12/h8-9,11-12,18H,3-7,10H2,1-2H3,(H,19,20)/t11?,12-/m1/s1. The Morgan fingerprint density at radius 2 is 2.36 bits per heavy atom. The van der Waals surface area contributed by atoms with Gasteiger partial charge < -0.3 is 20.1 Å². The fourth-order valence-corrected chi connectivity index (χ4v) is 3.12. The lowest BCUT2D eigenvalue weighted by molar-refractivity contribution is -0.120. The molecule has 1 aromatic rings. The Balaban J connectivity index is 1.79. The smallest absolute Gasteiger partial charge is 0.228 e. The third-order valence-electron chi connectivity index (χ3n) is 4.22. The number of piperidine rings is 1. The molecule has 2 N–H and O–H groups in total. The highest BCUT2D eigenvalue weighted by Crippen LogP contribution is 2.38. The summed E-state index contributed by atoms with van der Waals surface area (Å²) in [7, 11) is 0. The monoisotopic (exact) mass is 304 g/mol. The van der Waals surface area contributed by atoms with Gasteiger partial charge in [-0.15, -0.1) is 0 Å². The zero-order chi connectivity index (χ0) is 15.5. The van der Waals surface area contributed by atoms with Gasteiger partial charge in [0, 0.05) is 24.6 Å². The number of hydrogen-bond donors (Lipinski definition) is 2. The van der Waals surface area contributed by atoms with E-state index < -0.39 is 0 Å². The summed E-state index contributed by atoms with van der Waals surface area (Å²) in [6.45, 7) is 6.31. The van der Waals surface area contributed by atoms with Crippen molar-refractivity contribution in [2.75, 3.05) is 25.0 Å². The number of amides is 1. The lowest BCUT2D eigenvalue weighted by atomic mass is 9.98. The molecule has 2 aliphatic rings. The number of anilines is 1. The molecule has 120 valence electrons. The van der Waals surface area contributed by atoms with Gasteiger partial charge in [0.05, 0.1) is 18.2 Å². The van der Waals surface area contributed by atoms with Crippen LogP contribution in [0.4, 0.5) is 5.69 Å². The van der Waals surface area contributed by atoms with Gasteiger partial charge in [-0.2, -0.15) is 0 Å². The van der Waals surface area contributed by atoms with E-state index in [9.17, 15) is 4.79 Å². The van der Waals surface area contributed by atoms with Crippen molar-refractivity contribution in [1.82, 2.24) is 5.32 Å². The molecule has 22 heavy (non-hydrogen) atoms. The van der Waals surface area contributed by atoms with E-state index >= 15 is 0 Å². The minimum atomic E-state index is 0.0244. The number of ether oxygens (including phenoxy) is 2. The van der Waals surface area contributed by atoms with Crippen molar-refractivity contribution < 1.29 is 14.3 Å². The number of carbonyl (C=O) groups is 1. The zero-order valence-electron chi connectivity index (χ0n) is 13.3. The van der Waals surface area contributed by atoms with Crippen molar-refractivity contribution in [3.05, 3.63) is 17.7 Å². The maximum absolute atomic E-state index is 12.4. The molecule has 0 aromatic heterocycles. The molecular weight excluding hydrogens is 280 g/mol. The first-order chi connectivity index (χ1) is 10.7. The van der Waals surface area contributed by atoms with Crippen LogP contribution in [0.3, 0.4) is 0 Å². The summed E-state index contributed by atoms with van der Waals surface area (Å²) in [4.78, 5) is 12.4. The Hall–Kier alpha value is -1.75. The number of benzene rings is 1. The van der Waals surface area contributed by atoms with Crippen molar-refractivity contribution in [3.8, 4) is 11.5 Å². The van der Waals surface area contributed by atoms with E-state index in [2.05, 4.69) is 10.6 Å². The van der Waals surface area contributed by atoms with Crippen LogP contribution in [-0.2, 0) is 11.2 Å². The second kappa shape index (κ2) is 6.57. The van der Waals surface area contributed by atoms with Crippen LogP contribution >= 0.6 is 0 Å². The Bertz CT molecular complexity index is 553. The highest BCUT2D eigenvalue weighted by atomic mass is 16.5. The van der Waals surface area contributed by atoms with Crippen molar-refractivity contribution in [2.24, 2.45) is 5.92 Å². The molecule has 1 aromatic carbocycles. The van der Waals surface area contributed by atoms with Crippen LogP contribution in [0.2, 0.25) is 0 Å². The van der Waals surface area contributed by atoms with Crippen molar-refractivity contribution in [3.63, 3.8) is 0 Å². The Morgan fingerprint density at radius 1 is 1.50 bits per heavy atom. The maximum atomic E-state index is 12.4. The molecule has 2 atom stereocenters. The number of fused-ring (bicyclic) bond motifs is 1. The minimum Gasteiger partial charge on any atom is -0.492 e. The number of rotatable bonds is 4. The predicted octanol–water partition coefficient (Wildman–Crippen LogP) is 2.35. The molecule has 0 aliphatic carbocycles. The Morgan fingerprint density at radius 3 is 3.09 bits per heavy atom. The van der Waals surface area contributed by atoms with Crippen molar-refractivity contribution in [2.45, 2.75) is 39.2 Å². The Kier molecular flexibility index (Phi) is 4.52. The molecular formula is C17H24N2O3. The molecule has 1 fully saturated rings. The number of nitrogens with one attached hydrogen (secondary N) is 2. The molecule has 0 saturated carbocycles. The normalized spacial score (nSPS) is 23.5. The first-order valence-electron chi connectivity index (χ1n) is 8.15. The SMILES string of the molecule is CCOc1cc2c(cc1NC(=O)[C@@H]1CCCNC1)OC(C)C2. The molecule has 0 radical (unpaired) electrons. The molecule has 0 bridgehead atoms. The van der Waals surface area contributed by atoms with Crippen LogP contribution in [0.15, 0.2) is 12.1 Å². The van der Waals surface area contributed by atoms with Crippen LogP contribution in [0.1, 0.15) is 32.3 Å². The van der Waals surface area contributed by atoms with Gasteiger partial charge in [0.2, 0.25) is 5.91 Å². The summed E-state index contributed by atoms with van der Waals surface area (Å²) < 4.78 is 11.5. The van der Waals surface area contributed by atoms with E-state index in [1.54, 1.807) is 0 Å². The van der Waals surface area contributed by atoms with E-state index in [1.807, 2.05) is 26.0 Å². The largest absolute Gasteiger partial charge is 0.492 e. The lowest BCUT2D eigenvalue weighted by Crippen LogP contribution is -2.37. The highest BCUT2D eigenvalue weighted by Gasteiger charge is 2.25. The first kappa shape index (κ1) is 15.2. The van der Waals surface area contributed by atoms with Gasteiger partial charge >= 0.3 is 0 Å². The van der Waals surface area contributed by atoms with E-state index in [0.29, 0.717) is 12.3 Å². The molecule has 2 aliphatic heterocycles. The molecule has 3 rings (SSSR count). The second-order valence-electron chi connectivity index (χ2n) is 6.05. The topological polar surface area (TPSA) is 59.6 Å². The molecule has 1 unspecified atom stereocenters. The summed E-state index contributed by atoms with van der Waals surface area (Å²) in [5.74, 6) is 1.67. The van der Waals surface area contributed by atoms with Crippen molar-refractivity contribution in [1.29, 1.82) is 0 Å². The third-order valence-corrected chi connectivity index (χ3v) is 4.22. The maximum Gasteiger partial charge on any atom is 0.228 e. The summed E-state index contributed by atoms with van der Waals surface area (Å²) >= 11 is 0. The summed E-state index contributed by atoms with van der Waals surface area (Å²) in [6.07, 6.45) is 3.04. The lowest BCUT2D eigenvalue weighted by Gasteiger charge is -2.22. The van der Waals surface area contributed by atoms with Crippen LogP contribution in [-0.4, -0.2) is 31.7 Å². The van der Waals surface area contributed by atoms with E-state index in [0.717, 1.165) is 49.4 Å². The van der Waals surface area contributed by atoms with E-state index in [-0.39, 0.29) is 17.9 Å².